The van der Waals surface area contributed by atoms with Gasteiger partial charge in [0.2, 0.25) is 5.78 Å². The number of allylic oxidation sites excluding steroid dienone is 2. The third kappa shape index (κ3) is 3.77. The normalized spacial score (nSPS) is 14.3. The minimum Gasteiger partial charge on any atom is -0.489 e. The molecule has 3 rings (SSSR count). The molecule has 0 spiro atoms. The van der Waals surface area contributed by atoms with Crippen LogP contribution in [0.25, 0.3) is 6.08 Å². The molecule has 122 valence electrons. The van der Waals surface area contributed by atoms with Crippen molar-refractivity contribution >= 4 is 27.8 Å². The summed E-state index contributed by atoms with van der Waals surface area (Å²) in [4.78, 5) is 12.4. The minimum absolute atomic E-state index is 0.108. The Morgan fingerprint density at radius 3 is 2.62 bits per heavy atom. The number of carbonyl (C=O) groups excluding carboxylic acids is 1. The van der Waals surface area contributed by atoms with Gasteiger partial charge in [-0.15, -0.1) is 0 Å². The zero-order valence-electron chi connectivity index (χ0n) is 13.5. The van der Waals surface area contributed by atoms with Crippen molar-refractivity contribution in [1.82, 2.24) is 0 Å². The fraction of sp³-hybridized carbons (Fsp3) is 0.150. The Morgan fingerprint density at radius 1 is 1.17 bits per heavy atom. The predicted molar refractivity (Wildman–Crippen MR) is 98.4 cm³/mol. The standard InChI is InChI=1S/C20H17BrO3/c1-13(2)9-10-23-16-7-8-17-18(12-16)24-19(20(17)22)11-14-3-5-15(21)6-4-14/h3-9,11-12H,10H2,1-2H3/b19-11-. The van der Waals surface area contributed by atoms with Crippen molar-refractivity contribution in [3.05, 3.63) is 75.5 Å². The second-order valence-electron chi connectivity index (χ2n) is 5.74. The highest BCUT2D eigenvalue weighted by Gasteiger charge is 2.27. The van der Waals surface area contributed by atoms with Crippen LogP contribution in [-0.4, -0.2) is 12.4 Å². The molecular weight excluding hydrogens is 368 g/mol. The highest BCUT2D eigenvalue weighted by atomic mass is 79.9. The third-order valence-electron chi connectivity index (χ3n) is 3.55. The minimum atomic E-state index is -0.108. The number of hydrogen-bond donors (Lipinski definition) is 0. The summed E-state index contributed by atoms with van der Waals surface area (Å²) in [7, 11) is 0. The van der Waals surface area contributed by atoms with E-state index in [2.05, 4.69) is 15.9 Å². The lowest BCUT2D eigenvalue weighted by Gasteiger charge is -2.05. The molecule has 0 radical (unpaired) electrons. The molecule has 1 aliphatic heterocycles. The highest BCUT2D eigenvalue weighted by molar-refractivity contribution is 9.10. The SMILES string of the molecule is CC(C)=CCOc1ccc2c(c1)O/C(=C\c1ccc(Br)cc1)C2=O. The van der Waals surface area contributed by atoms with E-state index >= 15 is 0 Å². The molecule has 0 N–H and O–H groups in total. The number of rotatable bonds is 4. The zero-order valence-corrected chi connectivity index (χ0v) is 15.1. The fourth-order valence-electron chi connectivity index (χ4n) is 2.27. The summed E-state index contributed by atoms with van der Waals surface area (Å²) in [6, 6.07) is 13.0. The van der Waals surface area contributed by atoms with E-state index in [1.807, 2.05) is 44.2 Å². The number of ether oxygens (including phenoxy) is 2. The molecule has 2 aromatic rings. The fourth-order valence-corrected chi connectivity index (χ4v) is 2.54. The first-order valence-electron chi connectivity index (χ1n) is 7.63. The smallest absolute Gasteiger partial charge is 0.231 e. The molecule has 0 atom stereocenters. The largest absolute Gasteiger partial charge is 0.489 e. The van der Waals surface area contributed by atoms with Crippen LogP contribution in [0, 0.1) is 0 Å². The Balaban J connectivity index is 1.79. The van der Waals surface area contributed by atoms with Crippen LogP contribution < -0.4 is 9.47 Å². The molecule has 1 heterocycles. The molecule has 24 heavy (non-hydrogen) atoms. The topological polar surface area (TPSA) is 35.5 Å². The van der Waals surface area contributed by atoms with Gasteiger partial charge in [-0.05, 0) is 55.8 Å². The number of carbonyl (C=O) groups is 1. The number of ketones is 1. The Kier molecular flexibility index (Phi) is 4.86. The summed E-state index contributed by atoms with van der Waals surface area (Å²) in [5.41, 5.74) is 2.67. The van der Waals surface area contributed by atoms with Crippen molar-refractivity contribution in [3.63, 3.8) is 0 Å². The Bertz CT molecular complexity index is 828. The van der Waals surface area contributed by atoms with Gasteiger partial charge in [-0.25, -0.2) is 0 Å². The molecule has 0 bridgehead atoms. The van der Waals surface area contributed by atoms with E-state index in [4.69, 9.17) is 9.47 Å². The molecule has 0 fully saturated rings. The average molecular weight is 385 g/mol. The van der Waals surface area contributed by atoms with Crippen molar-refractivity contribution in [2.24, 2.45) is 0 Å². The van der Waals surface area contributed by atoms with Crippen molar-refractivity contribution < 1.29 is 14.3 Å². The Hall–Kier alpha value is -2.33. The van der Waals surface area contributed by atoms with Gasteiger partial charge in [-0.1, -0.05) is 33.6 Å². The maximum Gasteiger partial charge on any atom is 0.231 e. The number of hydrogen-bond acceptors (Lipinski definition) is 3. The van der Waals surface area contributed by atoms with Gasteiger partial charge in [0.15, 0.2) is 5.76 Å². The molecular formula is C20H17BrO3. The summed E-state index contributed by atoms with van der Waals surface area (Å²) in [6.07, 6.45) is 3.75. The van der Waals surface area contributed by atoms with Crippen LogP contribution >= 0.6 is 15.9 Å². The van der Waals surface area contributed by atoms with Gasteiger partial charge in [0, 0.05) is 10.5 Å². The van der Waals surface area contributed by atoms with Gasteiger partial charge in [0.1, 0.15) is 18.1 Å². The third-order valence-corrected chi connectivity index (χ3v) is 4.08. The van der Waals surface area contributed by atoms with Gasteiger partial charge in [-0.2, -0.15) is 0 Å². The first kappa shape index (κ1) is 16.5. The molecule has 2 aromatic carbocycles. The van der Waals surface area contributed by atoms with E-state index in [0.717, 1.165) is 10.0 Å². The maximum atomic E-state index is 12.4. The molecule has 0 unspecified atom stereocenters. The van der Waals surface area contributed by atoms with E-state index in [1.54, 1.807) is 24.3 Å². The monoisotopic (exact) mass is 384 g/mol. The second-order valence-corrected chi connectivity index (χ2v) is 6.66. The number of fused-ring (bicyclic) bond motifs is 1. The van der Waals surface area contributed by atoms with Gasteiger partial charge in [0.25, 0.3) is 0 Å². The lowest BCUT2D eigenvalue weighted by atomic mass is 10.1. The molecule has 0 amide bonds. The number of halogens is 1. The van der Waals surface area contributed by atoms with Gasteiger partial charge in [-0.3, -0.25) is 4.79 Å². The number of Topliss-reactive ketones (excluding diaryl/α,β-unsaturated/α-hetero) is 1. The molecule has 0 saturated heterocycles. The van der Waals surface area contributed by atoms with Crippen LogP contribution in [0.5, 0.6) is 11.5 Å². The summed E-state index contributed by atoms with van der Waals surface area (Å²) in [6.45, 7) is 4.54. The Labute approximate surface area is 149 Å². The van der Waals surface area contributed by atoms with Gasteiger partial charge >= 0.3 is 0 Å². The maximum absolute atomic E-state index is 12.4. The van der Waals surface area contributed by atoms with Crippen LogP contribution in [0.2, 0.25) is 0 Å². The number of benzene rings is 2. The van der Waals surface area contributed by atoms with Crippen molar-refractivity contribution in [3.8, 4) is 11.5 Å². The zero-order chi connectivity index (χ0) is 17.1. The predicted octanol–water partition coefficient (Wildman–Crippen LogP) is 5.41. The summed E-state index contributed by atoms with van der Waals surface area (Å²) in [5, 5.41) is 0. The molecule has 0 aliphatic carbocycles. The first-order chi connectivity index (χ1) is 11.5. The molecule has 4 heteroatoms. The lowest BCUT2D eigenvalue weighted by Crippen LogP contribution is -1.97. The first-order valence-corrected chi connectivity index (χ1v) is 8.42. The van der Waals surface area contributed by atoms with Crippen LogP contribution in [0.1, 0.15) is 29.8 Å². The molecule has 0 aromatic heterocycles. The van der Waals surface area contributed by atoms with Crippen molar-refractivity contribution in [1.29, 1.82) is 0 Å². The summed E-state index contributed by atoms with van der Waals surface area (Å²) >= 11 is 3.39. The van der Waals surface area contributed by atoms with E-state index in [9.17, 15) is 4.79 Å². The van der Waals surface area contributed by atoms with E-state index in [-0.39, 0.29) is 5.78 Å². The van der Waals surface area contributed by atoms with Crippen LogP contribution in [-0.2, 0) is 0 Å². The van der Waals surface area contributed by atoms with Gasteiger partial charge < -0.3 is 9.47 Å². The van der Waals surface area contributed by atoms with Crippen LogP contribution in [0.4, 0.5) is 0 Å². The van der Waals surface area contributed by atoms with E-state index in [1.165, 1.54) is 5.57 Å². The van der Waals surface area contributed by atoms with E-state index < -0.39 is 0 Å². The summed E-state index contributed by atoms with van der Waals surface area (Å²) in [5.74, 6) is 1.44. The molecule has 1 aliphatic rings. The van der Waals surface area contributed by atoms with Crippen LogP contribution in [0.3, 0.4) is 0 Å². The van der Waals surface area contributed by atoms with Crippen LogP contribution in [0.15, 0.2) is 64.3 Å². The quantitative estimate of drug-likeness (QED) is 0.522. The molecule has 3 nitrogen and oxygen atoms in total. The molecule has 0 saturated carbocycles. The Morgan fingerprint density at radius 2 is 1.92 bits per heavy atom. The van der Waals surface area contributed by atoms with E-state index in [0.29, 0.717) is 29.4 Å². The lowest BCUT2D eigenvalue weighted by molar-refractivity contribution is 0.101. The second kappa shape index (κ2) is 7.05. The highest BCUT2D eigenvalue weighted by Crippen LogP contribution is 2.35. The van der Waals surface area contributed by atoms with Gasteiger partial charge in [0.05, 0.1) is 5.56 Å². The summed E-state index contributed by atoms with van der Waals surface area (Å²) < 4.78 is 12.4. The van der Waals surface area contributed by atoms with Crippen molar-refractivity contribution in [2.75, 3.05) is 6.61 Å². The van der Waals surface area contributed by atoms with Crippen molar-refractivity contribution in [2.45, 2.75) is 13.8 Å². The average Bonchev–Trinajstić information content (AvgIpc) is 2.85.